The predicted molar refractivity (Wildman–Crippen MR) is 161 cm³/mol. The lowest BCUT2D eigenvalue weighted by molar-refractivity contribution is -0.131. The van der Waals surface area contributed by atoms with Crippen LogP contribution in [0.5, 0.6) is 11.5 Å². The molecule has 3 aliphatic rings. The van der Waals surface area contributed by atoms with E-state index < -0.39 is 0 Å². The first-order chi connectivity index (χ1) is 20.9. The SMILES string of the molecule is N#Cc1cncc(COc2cc(O[C@H]3CCc4c(-c5ccccc5F)cccc43)c(Cl)cc2CN2CC3(CC(O)C3)C2)c1. The molecule has 7 rings (SSSR count). The van der Waals surface area contributed by atoms with Crippen LogP contribution in [0.2, 0.25) is 5.02 Å². The van der Waals surface area contributed by atoms with E-state index >= 15 is 0 Å². The zero-order valence-corrected chi connectivity index (χ0v) is 24.4. The van der Waals surface area contributed by atoms with Gasteiger partial charge in [-0.1, -0.05) is 48.0 Å². The summed E-state index contributed by atoms with van der Waals surface area (Å²) in [7, 11) is 0. The molecule has 6 nitrogen and oxygen atoms in total. The van der Waals surface area contributed by atoms with Crippen molar-refractivity contribution < 1.29 is 19.0 Å². The van der Waals surface area contributed by atoms with Crippen LogP contribution < -0.4 is 9.47 Å². The zero-order chi connectivity index (χ0) is 29.6. The number of fused-ring (bicyclic) bond motifs is 1. The number of benzene rings is 3. The van der Waals surface area contributed by atoms with E-state index in [0.29, 0.717) is 34.2 Å². The van der Waals surface area contributed by atoms with Gasteiger partial charge >= 0.3 is 0 Å². The van der Waals surface area contributed by atoms with Gasteiger partial charge in [0.05, 0.1) is 16.7 Å². The normalized spacial score (nSPS) is 18.9. The highest BCUT2D eigenvalue weighted by atomic mass is 35.5. The minimum atomic E-state index is -0.238. The number of aromatic nitrogens is 1. The molecule has 3 aromatic carbocycles. The number of ether oxygens (including phenoxy) is 2. The molecule has 2 aliphatic carbocycles. The fraction of sp³-hybridized carbons (Fsp3) is 0.314. The Bertz CT molecular complexity index is 1720. The number of hydrogen-bond acceptors (Lipinski definition) is 6. The van der Waals surface area contributed by atoms with Gasteiger partial charge in [-0.25, -0.2) is 4.39 Å². The molecule has 8 heteroatoms. The lowest BCUT2D eigenvalue weighted by atomic mass is 9.62. The van der Waals surface area contributed by atoms with Gasteiger partial charge in [0.15, 0.2) is 0 Å². The van der Waals surface area contributed by atoms with Crippen molar-refractivity contribution >= 4 is 11.6 Å². The summed E-state index contributed by atoms with van der Waals surface area (Å²) in [6.45, 7) is 2.79. The summed E-state index contributed by atoms with van der Waals surface area (Å²) in [6.07, 6.45) is 6.08. The van der Waals surface area contributed by atoms with Crippen molar-refractivity contribution in [2.75, 3.05) is 13.1 Å². The first kappa shape index (κ1) is 27.8. The standard InChI is InChI=1S/C35H31ClFN3O3/c36-30-11-24(18-40-20-35(21-40)13-25(41)14-35)33(42-19-23-10-22(15-38)16-39-17-23)12-34(30)43-32-9-8-27-26(5-3-6-29(27)32)28-4-1-2-7-31(28)37/h1-7,10-12,16-17,25,32,41H,8-9,13-14,18-21H2/t32-/m0/s1. The second kappa shape index (κ2) is 11.3. The summed E-state index contributed by atoms with van der Waals surface area (Å²) in [5.41, 5.74) is 6.09. The van der Waals surface area contributed by atoms with Crippen LogP contribution in [0.3, 0.4) is 0 Å². The Hall–Kier alpha value is -3.96. The second-order valence-electron chi connectivity index (χ2n) is 12.1. The summed E-state index contributed by atoms with van der Waals surface area (Å²) in [4.78, 5) is 6.50. The molecule has 1 saturated carbocycles. The third-order valence-electron chi connectivity index (χ3n) is 8.93. The number of halogens is 2. The Morgan fingerprint density at radius 2 is 1.86 bits per heavy atom. The molecule has 1 aliphatic heterocycles. The lowest BCUT2D eigenvalue weighted by Gasteiger charge is -2.58. The van der Waals surface area contributed by atoms with Crippen molar-refractivity contribution in [2.24, 2.45) is 5.41 Å². The fourth-order valence-electron chi connectivity index (χ4n) is 6.99. The van der Waals surface area contributed by atoms with Gasteiger partial charge in [0, 0.05) is 60.2 Å². The highest BCUT2D eigenvalue weighted by Gasteiger charge is 2.51. The maximum absolute atomic E-state index is 14.7. The van der Waals surface area contributed by atoms with Gasteiger partial charge in [-0.05, 0) is 60.6 Å². The molecule has 1 N–H and O–H groups in total. The number of likely N-dealkylation sites (tertiary alicyclic amines) is 1. The summed E-state index contributed by atoms with van der Waals surface area (Å²) in [6, 6.07) is 20.5. The molecule has 2 heterocycles. The Labute approximate surface area is 255 Å². The lowest BCUT2D eigenvalue weighted by Crippen LogP contribution is -2.63. The maximum Gasteiger partial charge on any atom is 0.142 e. The highest BCUT2D eigenvalue weighted by Crippen LogP contribution is 2.49. The Kier molecular flexibility index (Phi) is 7.30. The van der Waals surface area contributed by atoms with E-state index in [1.54, 1.807) is 18.3 Å². The molecule has 0 amide bonds. The summed E-state index contributed by atoms with van der Waals surface area (Å²) < 4.78 is 27.5. The molecule has 1 aromatic heterocycles. The molecule has 218 valence electrons. The maximum atomic E-state index is 14.7. The molecule has 1 spiro atoms. The van der Waals surface area contributed by atoms with E-state index in [0.717, 1.165) is 66.6 Å². The van der Waals surface area contributed by atoms with Crippen LogP contribution in [-0.4, -0.2) is 34.2 Å². The fourth-order valence-corrected chi connectivity index (χ4v) is 7.22. The number of nitrogens with zero attached hydrogens (tertiary/aromatic N) is 3. The van der Waals surface area contributed by atoms with E-state index in [-0.39, 0.29) is 30.0 Å². The van der Waals surface area contributed by atoms with Crippen LogP contribution in [0.25, 0.3) is 11.1 Å². The van der Waals surface area contributed by atoms with Crippen molar-refractivity contribution in [3.63, 3.8) is 0 Å². The van der Waals surface area contributed by atoms with Crippen LogP contribution in [0.4, 0.5) is 4.39 Å². The number of nitriles is 1. The quantitative estimate of drug-likeness (QED) is 0.236. The molecule has 0 unspecified atom stereocenters. The summed E-state index contributed by atoms with van der Waals surface area (Å²) in [5.74, 6) is 0.952. The van der Waals surface area contributed by atoms with E-state index in [9.17, 15) is 14.8 Å². The minimum absolute atomic E-state index is 0.173. The van der Waals surface area contributed by atoms with Gasteiger partial charge in [-0.3, -0.25) is 9.88 Å². The first-order valence-electron chi connectivity index (χ1n) is 14.6. The van der Waals surface area contributed by atoms with Crippen molar-refractivity contribution in [3.05, 3.63) is 112 Å². The molecule has 43 heavy (non-hydrogen) atoms. The van der Waals surface area contributed by atoms with E-state index in [1.807, 2.05) is 42.5 Å². The molecular weight excluding hydrogens is 565 g/mol. The van der Waals surface area contributed by atoms with E-state index in [1.165, 1.54) is 12.3 Å². The summed E-state index contributed by atoms with van der Waals surface area (Å²) >= 11 is 6.84. The van der Waals surface area contributed by atoms with Crippen molar-refractivity contribution in [3.8, 4) is 28.7 Å². The van der Waals surface area contributed by atoms with Crippen LogP contribution in [0, 0.1) is 22.6 Å². The van der Waals surface area contributed by atoms with Crippen LogP contribution >= 0.6 is 11.6 Å². The van der Waals surface area contributed by atoms with E-state index in [2.05, 4.69) is 16.0 Å². The largest absolute Gasteiger partial charge is 0.488 e. The van der Waals surface area contributed by atoms with Crippen LogP contribution in [-0.2, 0) is 19.6 Å². The van der Waals surface area contributed by atoms with Gasteiger partial charge in [-0.2, -0.15) is 5.26 Å². The minimum Gasteiger partial charge on any atom is -0.488 e. The number of rotatable bonds is 8. The van der Waals surface area contributed by atoms with Crippen molar-refractivity contribution in [1.29, 1.82) is 5.26 Å². The topological polar surface area (TPSA) is 78.6 Å². The number of hydrogen-bond donors (Lipinski definition) is 1. The highest BCUT2D eigenvalue weighted by molar-refractivity contribution is 6.32. The molecule has 0 bridgehead atoms. The Morgan fingerprint density at radius 1 is 1.05 bits per heavy atom. The average Bonchev–Trinajstić information content (AvgIpc) is 3.39. The van der Waals surface area contributed by atoms with Gasteiger partial charge in [0.2, 0.25) is 0 Å². The first-order valence-corrected chi connectivity index (χ1v) is 15.0. The smallest absolute Gasteiger partial charge is 0.142 e. The van der Waals surface area contributed by atoms with Gasteiger partial charge < -0.3 is 14.6 Å². The number of pyridine rings is 1. The zero-order valence-electron chi connectivity index (χ0n) is 23.6. The molecule has 1 saturated heterocycles. The molecule has 1 atom stereocenters. The van der Waals surface area contributed by atoms with Gasteiger partial charge in [-0.15, -0.1) is 0 Å². The second-order valence-corrected chi connectivity index (χ2v) is 12.5. The van der Waals surface area contributed by atoms with Crippen LogP contribution in [0.15, 0.2) is 73.1 Å². The van der Waals surface area contributed by atoms with Crippen LogP contribution in [0.1, 0.15) is 53.2 Å². The Balaban J connectivity index is 1.15. The summed E-state index contributed by atoms with van der Waals surface area (Å²) in [5, 5.41) is 19.6. The molecular formula is C35H31ClFN3O3. The monoisotopic (exact) mass is 595 g/mol. The number of aliphatic hydroxyl groups is 1. The molecule has 0 radical (unpaired) electrons. The Morgan fingerprint density at radius 3 is 2.65 bits per heavy atom. The van der Waals surface area contributed by atoms with Gasteiger partial charge in [0.1, 0.15) is 36.1 Å². The van der Waals surface area contributed by atoms with Gasteiger partial charge in [0.25, 0.3) is 0 Å². The average molecular weight is 596 g/mol. The number of aliphatic hydroxyl groups excluding tert-OH is 1. The third-order valence-corrected chi connectivity index (χ3v) is 9.23. The molecule has 4 aromatic rings. The molecule has 2 fully saturated rings. The third kappa shape index (κ3) is 5.47. The predicted octanol–water partition coefficient (Wildman–Crippen LogP) is 7.01. The van der Waals surface area contributed by atoms with E-state index in [4.69, 9.17) is 21.1 Å². The van der Waals surface area contributed by atoms with Crippen molar-refractivity contribution in [1.82, 2.24) is 9.88 Å². The van der Waals surface area contributed by atoms with Crippen molar-refractivity contribution in [2.45, 2.75) is 51.0 Å².